The van der Waals surface area contributed by atoms with Crippen molar-refractivity contribution in [2.24, 2.45) is 5.92 Å². The molecule has 0 saturated carbocycles. The Morgan fingerprint density at radius 1 is 1.20 bits per heavy atom. The summed E-state index contributed by atoms with van der Waals surface area (Å²) < 4.78 is 5.57. The van der Waals surface area contributed by atoms with Crippen molar-refractivity contribution < 1.29 is 19.1 Å². The second-order valence-electron chi connectivity index (χ2n) is 8.92. The Labute approximate surface area is 177 Å². The van der Waals surface area contributed by atoms with E-state index in [4.69, 9.17) is 4.74 Å². The largest absolute Gasteiger partial charge is 0.376 e. The van der Waals surface area contributed by atoms with E-state index in [2.05, 4.69) is 24.1 Å². The van der Waals surface area contributed by atoms with E-state index in [1.807, 2.05) is 0 Å². The molecule has 0 radical (unpaired) electrons. The van der Waals surface area contributed by atoms with Crippen molar-refractivity contribution in [3.05, 3.63) is 34.9 Å². The second-order valence-corrected chi connectivity index (χ2v) is 8.92. The number of hydrogen-bond donors (Lipinski definition) is 1. The molecular formula is C23H31N3O4. The first-order valence-corrected chi connectivity index (χ1v) is 11.1. The first-order chi connectivity index (χ1) is 14.4. The van der Waals surface area contributed by atoms with Gasteiger partial charge in [-0.2, -0.15) is 0 Å². The number of benzene rings is 1. The fraction of sp³-hybridized carbons (Fsp3) is 0.609. The van der Waals surface area contributed by atoms with Gasteiger partial charge in [0, 0.05) is 31.3 Å². The molecule has 1 aromatic rings. The number of ether oxygens (including phenoxy) is 1. The smallest absolute Gasteiger partial charge is 0.261 e. The third-order valence-electron chi connectivity index (χ3n) is 6.51. The number of piperidine rings is 1. The lowest BCUT2D eigenvalue weighted by Gasteiger charge is -2.35. The highest BCUT2D eigenvalue weighted by Crippen LogP contribution is 2.26. The zero-order chi connectivity index (χ0) is 21.3. The quantitative estimate of drug-likeness (QED) is 0.724. The third-order valence-corrected chi connectivity index (χ3v) is 6.51. The lowest BCUT2D eigenvalue weighted by Crippen LogP contribution is -2.46. The molecule has 0 spiro atoms. The molecular weight excluding hydrogens is 382 g/mol. The first-order valence-electron chi connectivity index (χ1n) is 11.1. The number of imide groups is 1. The van der Waals surface area contributed by atoms with Crippen molar-refractivity contribution in [2.45, 2.75) is 51.7 Å². The van der Waals surface area contributed by atoms with Crippen LogP contribution in [0.1, 0.15) is 70.6 Å². The first kappa shape index (κ1) is 21.0. The highest BCUT2D eigenvalue weighted by atomic mass is 16.5. The van der Waals surface area contributed by atoms with Gasteiger partial charge in [-0.05, 0) is 63.3 Å². The lowest BCUT2D eigenvalue weighted by atomic mass is 9.99. The van der Waals surface area contributed by atoms with Crippen LogP contribution in [0, 0.1) is 5.92 Å². The molecule has 3 aliphatic heterocycles. The van der Waals surface area contributed by atoms with Crippen LogP contribution in [-0.2, 0) is 4.74 Å². The molecule has 3 aliphatic rings. The molecule has 3 unspecified atom stereocenters. The van der Waals surface area contributed by atoms with Crippen molar-refractivity contribution in [3.63, 3.8) is 0 Å². The van der Waals surface area contributed by atoms with Crippen molar-refractivity contribution in [2.75, 3.05) is 32.8 Å². The standard InChI is InChI=1S/C23H31N3O4/c1-15-5-3-9-25(13-15)16(2)12-24-21(27)17-7-8-19-20(11-17)23(29)26(22(19)28)14-18-6-4-10-30-18/h7-8,11,15-16,18H,3-6,9-10,12-14H2,1-2H3,(H,24,27). The Balaban J connectivity index is 1.38. The number of hydrogen-bond acceptors (Lipinski definition) is 5. The second kappa shape index (κ2) is 8.86. The van der Waals surface area contributed by atoms with Gasteiger partial charge in [-0.15, -0.1) is 0 Å². The van der Waals surface area contributed by atoms with Gasteiger partial charge < -0.3 is 10.1 Å². The molecule has 0 aliphatic carbocycles. The van der Waals surface area contributed by atoms with Crippen LogP contribution in [0.15, 0.2) is 18.2 Å². The van der Waals surface area contributed by atoms with Gasteiger partial charge >= 0.3 is 0 Å². The number of likely N-dealkylation sites (tertiary alicyclic amines) is 1. The van der Waals surface area contributed by atoms with Gasteiger partial charge in [-0.3, -0.25) is 24.2 Å². The molecule has 4 rings (SSSR count). The zero-order valence-corrected chi connectivity index (χ0v) is 17.9. The summed E-state index contributed by atoms with van der Waals surface area (Å²) in [5.41, 5.74) is 1.09. The minimum atomic E-state index is -0.337. The van der Waals surface area contributed by atoms with Crippen LogP contribution >= 0.6 is 0 Å². The van der Waals surface area contributed by atoms with E-state index in [1.165, 1.54) is 17.7 Å². The Hall–Kier alpha value is -2.25. The van der Waals surface area contributed by atoms with Crippen LogP contribution in [0.3, 0.4) is 0 Å². The van der Waals surface area contributed by atoms with Crippen LogP contribution in [0.25, 0.3) is 0 Å². The normalized spacial score (nSPS) is 25.5. The Kier molecular flexibility index (Phi) is 6.20. The van der Waals surface area contributed by atoms with Crippen LogP contribution in [0.2, 0.25) is 0 Å². The number of rotatable bonds is 6. The molecule has 7 nitrogen and oxygen atoms in total. The number of fused-ring (bicyclic) bond motifs is 1. The molecule has 0 aromatic heterocycles. The summed E-state index contributed by atoms with van der Waals surface area (Å²) in [6.45, 7) is 8.03. The summed E-state index contributed by atoms with van der Waals surface area (Å²) in [5.74, 6) is -0.164. The molecule has 7 heteroatoms. The summed E-state index contributed by atoms with van der Waals surface area (Å²) in [7, 11) is 0. The maximum atomic E-state index is 12.8. The van der Waals surface area contributed by atoms with Crippen LogP contribution in [0.5, 0.6) is 0 Å². The molecule has 1 aromatic carbocycles. The van der Waals surface area contributed by atoms with E-state index in [0.29, 0.717) is 35.8 Å². The van der Waals surface area contributed by atoms with Gasteiger partial charge in [-0.25, -0.2) is 0 Å². The van der Waals surface area contributed by atoms with E-state index in [-0.39, 0.29) is 36.4 Å². The van der Waals surface area contributed by atoms with Crippen LogP contribution in [-0.4, -0.2) is 72.5 Å². The predicted molar refractivity (Wildman–Crippen MR) is 113 cm³/mol. The zero-order valence-electron chi connectivity index (χ0n) is 17.9. The maximum Gasteiger partial charge on any atom is 0.261 e. The van der Waals surface area contributed by atoms with E-state index < -0.39 is 0 Å². The topological polar surface area (TPSA) is 79.0 Å². The summed E-state index contributed by atoms with van der Waals surface area (Å²) in [6.07, 6.45) is 4.18. The highest BCUT2D eigenvalue weighted by molar-refractivity contribution is 6.22. The average Bonchev–Trinajstić information content (AvgIpc) is 3.34. The van der Waals surface area contributed by atoms with Crippen molar-refractivity contribution in [3.8, 4) is 0 Å². The van der Waals surface area contributed by atoms with Gasteiger partial charge in [-0.1, -0.05) is 6.92 Å². The maximum absolute atomic E-state index is 12.8. The van der Waals surface area contributed by atoms with Crippen molar-refractivity contribution in [1.82, 2.24) is 15.1 Å². The van der Waals surface area contributed by atoms with Crippen molar-refractivity contribution >= 4 is 17.7 Å². The van der Waals surface area contributed by atoms with Crippen molar-refractivity contribution in [1.29, 1.82) is 0 Å². The molecule has 2 fully saturated rings. The van der Waals surface area contributed by atoms with Gasteiger partial charge in [0.05, 0.1) is 23.8 Å². The number of nitrogens with one attached hydrogen (secondary N) is 1. The molecule has 3 amide bonds. The Morgan fingerprint density at radius 3 is 2.73 bits per heavy atom. The summed E-state index contributed by atoms with van der Waals surface area (Å²) in [5, 5.41) is 2.99. The van der Waals surface area contributed by atoms with Crippen LogP contribution in [0.4, 0.5) is 0 Å². The van der Waals surface area contributed by atoms with E-state index in [1.54, 1.807) is 18.2 Å². The minimum absolute atomic E-state index is 0.0889. The summed E-state index contributed by atoms with van der Waals surface area (Å²) >= 11 is 0. The van der Waals surface area contributed by atoms with Crippen LogP contribution < -0.4 is 5.32 Å². The molecule has 30 heavy (non-hydrogen) atoms. The fourth-order valence-corrected chi connectivity index (χ4v) is 4.69. The molecule has 2 saturated heterocycles. The minimum Gasteiger partial charge on any atom is -0.376 e. The Morgan fingerprint density at radius 2 is 2.00 bits per heavy atom. The number of amides is 3. The fourth-order valence-electron chi connectivity index (χ4n) is 4.69. The molecule has 162 valence electrons. The molecule has 0 bridgehead atoms. The molecule has 1 N–H and O–H groups in total. The molecule has 3 atom stereocenters. The third kappa shape index (κ3) is 4.27. The van der Waals surface area contributed by atoms with E-state index in [0.717, 1.165) is 25.9 Å². The highest BCUT2D eigenvalue weighted by Gasteiger charge is 2.38. The van der Waals surface area contributed by atoms with Gasteiger partial charge in [0.15, 0.2) is 0 Å². The summed E-state index contributed by atoms with van der Waals surface area (Å²) in [4.78, 5) is 41.8. The predicted octanol–water partition coefficient (Wildman–Crippen LogP) is 2.31. The van der Waals surface area contributed by atoms with E-state index in [9.17, 15) is 14.4 Å². The Bertz CT molecular complexity index is 834. The van der Waals surface area contributed by atoms with Gasteiger partial charge in [0.1, 0.15) is 0 Å². The molecule has 3 heterocycles. The average molecular weight is 414 g/mol. The van der Waals surface area contributed by atoms with Gasteiger partial charge in [0.25, 0.3) is 17.7 Å². The van der Waals surface area contributed by atoms with Gasteiger partial charge in [0.2, 0.25) is 0 Å². The number of carbonyl (C=O) groups is 3. The summed E-state index contributed by atoms with van der Waals surface area (Å²) in [6, 6.07) is 5.03. The monoisotopic (exact) mass is 413 g/mol. The lowest BCUT2D eigenvalue weighted by molar-refractivity contribution is 0.0475. The SMILES string of the molecule is CC1CCCN(C(C)CNC(=O)c2ccc3c(c2)C(=O)N(CC2CCCO2)C3=O)C1. The number of nitrogens with zero attached hydrogens (tertiary/aromatic N) is 2. The number of carbonyl (C=O) groups excluding carboxylic acids is 3. The van der Waals surface area contributed by atoms with E-state index >= 15 is 0 Å².